The van der Waals surface area contributed by atoms with Gasteiger partial charge in [0.2, 0.25) is 0 Å². The van der Waals surface area contributed by atoms with Gasteiger partial charge in [-0.25, -0.2) is 9.67 Å². The molecule has 0 spiro atoms. The molecule has 3 heterocycles. The van der Waals surface area contributed by atoms with Crippen LogP contribution in [0, 0.1) is 0 Å². The third-order valence-electron chi connectivity index (χ3n) is 5.20. The van der Waals surface area contributed by atoms with Gasteiger partial charge in [-0.3, -0.25) is 4.99 Å². The van der Waals surface area contributed by atoms with Gasteiger partial charge >= 0.3 is 0 Å². The molecule has 1 aromatic rings. The summed E-state index contributed by atoms with van der Waals surface area (Å²) in [7, 11) is 3.58. The van der Waals surface area contributed by atoms with Crippen molar-refractivity contribution >= 4 is 5.96 Å². The number of hydrogen-bond donors (Lipinski definition) is 2. The molecule has 2 aliphatic rings. The van der Waals surface area contributed by atoms with Gasteiger partial charge in [-0.15, -0.1) is 0 Å². The zero-order valence-electron chi connectivity index (χ0n) is 15.5. The van der Waals surface area contributed by atoms with E-state index in [-0.39, 0.29) is 5.60 Å². The maximum absolute atomic E-state index is 5.78. The Morgan fingerprint density at radius 2 is 2.24 bits per heavy atom. The molecule has 8 heteroatoms. The van der Waals surface area contributed by atoms with Gasteiger partial charge in [0.25, 0.3) is 0 Å². The van der Waals surface area contributed by atoms with Crippen LogP contribution in [0.1, 0.15) is 37.8 Å². The van der Waals surface area contributed by atoms with E-state index in [1.807, 2.05) is 4.68 Å². The molecule has 1 aromatic heterocycles. The summed E-state index contributed by atoms with van der Waals surface area (Å²) in [5.74, 6) is 2.84. The molecule has 1 saturated heterocycles. The van der Waals surface area contributed by atoms with Crippen molar-refractivity contribution in [3.63, 3.8) is 0 Å². The fourth-order valence-electron chi connectivity index (χ4n) is 3.46. The summed E-state index contributed by atoms with van der Waals surface area (Å²) in [6.45, 7) is 5.14. The third kappa shape index (κ3) is 4.30. The van der Waals surface area contributed by atoms with E-state index in [2.05, 4.69) is 32.6 Å². The van der Waals surface area contributed by atoms with Gasteiger partial charge in [0.15, 0.2) is 11.8 Å². The maximum atomic E-state index is 5.78. The van der Waals surface area contributed by atoms with Crippen LogP contribution in [0.15, 0.2) is 4.99 Å². The molecule has 3 rings (SSSR count). The first-order chi connectivity index (χ1) is 12.2. The minimum absolute atomic E-state index is 0.169. The number of nitrogens with zero attached hydrogens (tertiary/aromatic N) is 4. The van der Waals surface area contributed by atoms with Crippen molar-refractivity contribution in [1.82, 2.24) is 25.4 Å². The Morgan fingerprint density at radius 3 is 2.92 bits per heavy atom. The van der Waals surface area contributed by atoms with Crippen molar-refractivity contribution in [2.75, 3.05) is 33.9 Å². The largest absolute Gasteiger partial charge is 0.381 e. The minimum atomic E-state index is -0.169. The number of aromatic nitrogens is 3. The lowest BCUT2D eigenvalue weighted by Gasteiger charge is -2.36. The van der Waals surface area contributed by atoms with E-state index in [4.69, 9.17) is 9.47 Å². The fraction of sp³-hybridized carbons (Fsp3) is 0.824. The number of methoxy groups -OCH3 is 1. The predicted molar refractivity (Wildman–Crippen MR) is 95.8 cm³/mol. The Labute approximate surface area is 149 Å². The molecule has 25 heavy (non-hydrogen) atoms. The quantitative estimate of drug-likeness (QED) is 0.595. The van der Waals surface area contributed by atoms with Crippen molar-refractivity contribution in [2.45, 2.75) is 57.2 Å². The summed E-state index contributed by atoms with van der Waals surface area (Å²) < 4.78 is 13.3. The van der Waals surface area contributed by atoms with Crippen LogP contribution in [-0.4, -0.2) is 66.3 Å². The van der Waals surface area contributed by atoms with Crippen molar-refractivity contribution in [3.8, 4) is 0 Å². The zero-order valence-corrected chi connectivity index (χ0v) is 15.5. The smallest absolute Gasteiger partial charge is 0.191 e. The molecule has 0 radical (unpaired) electrons. The second-order valence-electron chi connectivity index (χ2n) is 6.79. The highest BCUT2D eigenvalue weighted by Crippen LogP contribution is 2.23. The van der Waals surface area contributed by atoms with Crippen LogP contribution >= 0.6 is 0 Å². The maximum Gasteiger partial charge on any atom is 0.191 e. The Balaban J connectivity index is 1.54. The van der Waals surface area contributed by atoms with E-state index in [0.29, 0.717) is 6.04 Å². The topological polar surface area (TPSA) is 85.6 Å². The lowest BCUT2D eigenvalue weighted by molar-refractivity contribution is -0.0855. The van der Waals surface area contributed by atoms with Crippen molar-refractivity contribution < 1.29 is 9.47 Å². The third-order valence-corrected chi connectivity index (χ3v) is 5.20. The van der Waals surface area contributed by atoms with E-state index in [0.717, 1.165) is 76.0 Å². The van der Waals surface area contributed by atoms with Crippen LogP contribution < -0.4 is 10.6 Å². The number of rotatable bonds is 5. The van der Waals surface area contributed by atoms with Crippen LogP contribution in [0.2, 0.25) is 0 Å². The predicted octanol–water partition coefficient (Wildman–Crippen LogP) is 0.516. The Kier molecular flexibility index (Phi) is 5.90. The number of nitrogens with one attached hydrogen (secondary N) is 2. The molecule has 2 aliphatic heterocycles. The summed E-state index contributed by atoms with van der Waals surface area (Å²) in [6.07, 6.45) is 4.66. The second kappa shape index (κ2) is 8.14. The van der Waals surface area contributed by atoms with Crippen molar-refractivity contribution in [3.05, 3.63) is 11.6 Å². The van der Waals surface area contributed by atoms with E-state index in [1.54, 1.807) is 14.2 Å². The summed E-state index contributed by atoms with van der Waals surface area (Å²) in [5, 5.41) is 11.5. The SMILES string of the molecule is CCc1nc2n(n1)CC(NC(=NC)NCC1(OC)CCOCC1)CC2. The van der Waals surface area contributed by atoms with E-state index < -0.39 is 0 Å². The minimum Gasteiger partial charge on any atom is -0.381 e. The summed E-state index contributed by atoms with van der Waals surface area (Å²) in [6, 6.07) is 0.304. The molecule has 8 nitrogen and oxygen atoms in total. The number of fused-ring (bicyclic) bond motifs is 1. The highest BCUT2D eigenvalue weighted by Gasteiger charge is 2.33. The van der Waals surface area contributed by atoms with Gasteiger partial charge in [-0.2, -0.15) is 5.10 Å². The molecule has 0 amide bonds. The highest BCUT2D eigenvalue weighted by molar-refractivity contribution is 5.80. The molecule has 0 aromatic carbocycles. The molecule has 0 bridgehead atoms. The van der Waals surface area contributed by atoms with Gasteiger partial charge in [-0.05, 0) is 6.42 Å². The highest BCUT2D eigenvalue weighted by atomic mass is 16.5. The Bertz CT molecular complexity index is 594. The number of hydrogen-bond acceptors (Lipinski definition) is 5. The normalized spacial score (nSPS) is 23.2. The molecule has 2 N–H and O–H groups in total. The summed E-state index contributed by atoms with van der Waals surface area (Å²) >= 11 is 0. The first kappa shape index (κ1) is 18.1. The molecule has 1 unspecified atom stereocenters. The molecule has 1 atom stereocenters. The first-order valence-corrected chi connectivity index (χ1v) is 9.20. The average Bonchev–Trinajstić information content (AvgIpc) is 3.08. The molecular formula is C17H30N6O2. The zero-order chi connectivity index (χ0) is 17.7. The Morgan fingerprint density at radius 1 is 1.44 bits per heavy atom. The Hall–Kier alpha value is -1.67. The van der Waals surface area contributed by atoms with E-state index in [9.17, 15) is 0 Å². The van der Waals surface area contributed by atoms with Gasteiger partial charge in [0, 0.05) is 65.6 Å². The van der Waals surface area contributed by atoms with Gasteiger partial charge < -0.3 is 20.1 Å². The van der Waals surface area contributed by atoms with E-state index in [1.165, 1.54) is 0 Å². The van der Waals surface area contributed by atoms with Crippen LogP contribution in [0.3, 0.4) is 0 Å². The van der Waals surface area contributed by atoms with Crippen LogP contribution in [0.4, 0.5) is 0 Å². The standard InChI is InChI=1S/C17H30N6O2/c1-4-14-21-15-6-5-13(11-23(15)22-14)20-16(18-2)19-12-17(24-3)7-9-25-10-8-17/h13H,4-12H2,1-3H3,(H2,18,19,20). The second-order valence-corrected chi connectivity index (χ2v) is 6.79. The van der Waals surface area contributed by atoms with E-state index >= 15 is 0 Å². The fourth-order valence-corrected chi connectivity index (χ4v) is 3.46. The number of guanidine groups is 1. The molecule has 0 saturated carbocycles. The lowest BCUT2D eigenvalue weighted by atomic mass is 9.94. The lowest BCUT2D eigenvalue weighted by Crippen LogP contribution is -2.53. The molecular weight excluding hydrogens is 320 g/mol. The van der Waals surface area contributed by atoms with Crippen molar-refractivity contribution in [1.29, 1.82) is 0 Å². The number of aryl methyl sites for hydroxylation is 2. The monoisotopic (exact) mass is 350 g/mol. The number of aliphatic imine (C=N–C) groups is 1. The molecule has 0 aliphatic carbocycles. The van der Waals surface area contributed by atoms with Gasteiger partial charge in [0.1, 0.15) is 5.82 Å². The first-order valence-electron chi connectivity index (χ1n) is 9.20. The van der Waals surface area contributed by atoms with Gasteiger partial charge in [-0.1, -0.05) is 6.92 Å². The summed E-state index contributed by atoms with van der Waals surface area (Å²) in [5.41, 5.74) is -0.169. The van der Waals surface area contributed by atoms with Gasteiger partial charge in [0.05, 0.1) is 12.1 Å². The average molecular weight is 350 g/mol. The van der Waals surface area contributed by atoms with Crippen LogP contribution in [-0.2, 0) is 28.9 Å². The van der Waals surface area contributed by atoms with Crippen LogP contribution in [0.5, 0.6) is 0 Å². The van der Waals surface area contributed by atoms with Crippen molar-refractivity contribution in [2.24, 2.45) is 4.99 Å². The van der Waals surface area contributed by atoms with Crippen LogP contribution in [0.25, 0.3) is 0 Å². The molecule has 140 valence electrons. The summed E-state index contributed by atoms with van der Waals surface area (Å²) in [4.78, 5) is 8.94. The number of ether oxygens (including phenoxy) is 2. The molecule has 1 fully saturated rings.